The van der Waals surface area contributed by atoms with Crippen LogP contribution in [0.25, 0.3) is 11.5 Å². The Morgan fingerprint density at radius 3 is 2.64 bits per heavy atom. The van der Waals surface area contributed by atoms with E-state index in [9.17, 15) is 5.11 Å². The van der Waals surface area contributed by atoms with E-state index in [4.69, 9.17) is 11.6 Å². The molecule has 1 atom stereocenters. The minimum Gasteiger partial charge on any atom is -0.387 e. The van der Waals surface area contributed by atoms with Gasteiger partial charge in [0, 0.05) is 35.1 Å². The molecule has 0 amide bonds. The van der Waals surface area contributed by atoms with Crippen LogP contribution >= 0.6 is 11.6 Å². The van der Waals surface area contributed by atoms with Crippen LogP contribution in [0.15, 0.2) is 54.7 Å². The van der Waals surface area contributed by atoms with Crippen molar-refractivity contribution >= 4 is 17.4 Å². The fourth-order valence-corrected chi connectivity index (χ4v) is 2.70. The summed E-state index contributed by atoms with van der Waals surface area (Å²) in [6, 6.07) is 14.8. The molecule has 0 aliphatic rings. The number of hydrogen-bond donors (Lipinski definition) is 2. The summed E-state index contributed by atoms with van der Waals surface area (Å²) in [7, 11) is 0. The van der Waals surface area contributed by atoms with Crippen molar-refractivity contribution in [2.24, 2.45) is 0 Å². The SMILES string of the molecule is CCc1cc(NCC(O)c2ccccc2Cl)nc(-c2ccccn2)n1. The van der Waals surface area contributed by atoms with Gasteiger partial charge in [-0.1, -0.05) is 42.8 Å². The molecule has 0 radical (unpaired) electrons. The first kappa shape index (κ1) is 17.3. The standard InChI is InChI=1S/C19H19ClN4O/c1-2-13-11-18(24-19(23-13)16-9-5-6-10-21-16)22-12-17(25)14-7-3-4-8-15(14)20/h3-11,17,25H,2,12H2,1H3,(H,22,23,24). The van der Waals surface area contributed by atoms with Crippen molar-refractivity contribution in [3.05, 3.63) is 71.0 Å². The zero-order valence-corrected chi connectivity index (χ0v) is 14.6. The fourth-order valence-electron chi connectivity index (χ4n) is 2.44. The highest BCUT2D eigenvalue weighted by Crippen LogP contribution is 2.23. The Kier molecular flexibility index (Phi) is 5.58. The van der Waals surface area contributed by atoms with Gasteiger partial charge in [-0.15, -0.1) is 0 Å². The zero-order valence-electron chi connectivity index (χ0n) is 13.9. The molecular formula is C19H19ClN4O. The van der Waals surface area contributed by atoms with E-state index >= 15 is 0 Å². The van der Waals surface area contributed by atoms with E-state index in [2.05, 4.69) is 20.3 Å². The van der Waals surface area contributed by atoms with Gasteiger partial charge in [0.2, 0.25) is 0 Å². The summed E-state index contributed by atoms with van der Waals surface area (Å²) >= 11 is 6.13. The van der Waals surface area contributed by atoms with E-state index in [1.54, 1.807) is 12.3 Å². The summed E-state index contributed by atoms with van der Waals surface area (Å²) in [5, 5.41) is 14.1. The summed E-state index contributed by atoms with van der Waals surface area (Å²) in [6.07, 6.45) is 1.77. The average molecular weight is 355 g/mol. The monoisotopic (exact) mass is 354 g/mol. The summed E-state index contributed by atoms with van der Waals surface area (Å²) in [5.74, 6) is 1.22. The number of aryl methyl sites for hydroxylation is 1. The molecule has 3 rings (SSSR count). The van der Waals surface area contributed by atoms with E-state index in [1.807, 2.05) is 49.4 Å². The molecule has 0 aliphatic carbocycles. The van der Waals surface area contributed by atoms with Crippen molar-refractivity contribution in [1.82, 2.24) is 15.0 Å². The lowest BCUT2D eigenvalue weighted by atomic mass is 10.1. The van der Waals surface area contributed by atoms with E-state index in [0.717, 1.165) is 12.1 Å². The van der Waals surface area contributed by atoms with Crippen molar-refractivity contribution in [3.63, 3.8) is 0 Å². The molecule has 0 bridgehead atoms. The van der Waals surface area contributed by atoms with Crippen LogP contribution in [-0.2, 0) is 6.42 Å². The van der Waals surface area contributed by atoms with Gasteiger partial charge in [0.05, 0.1) is 6.10 Å². The molecule has 5 nitrogen and oxygen atoms in total. The highest BCUT2D eigenvalue weighted by molar-refractivity contribution is 6.31. The maximum atomic E-state index is 10.4. The van der Waals surface area contributed by atoms with Gasteiger partial charge in [-0.25, -0.2) is 9.97 Å². The second kappa shape index (κ2) is 8.05. The molecule has 2 aromatic heterocycles. The third kappa shape index (κ3) is 4.32. The topological polar surface area (TPSA) is 70.9 Å². The van der Waals surface area contributed by atoms with E-state index < -0.39 is 6.10 Å². The number of benzene rings is 1. The zero-order chi connectivity index (χ0) is 17.6. The van der Waals surface area contributed by atoms with Gasteiger partial charge in [0.25, 0.3) is 0 Å². The second-order valence-electron chi connectivity index (χ2n) is 5.55. The predicted molar refractivity (Wildman–Crippen MR) is 99.5 cm³/mol. The van der Waals surface area contributed by atoms with Gasteiger partial charge in [-0.2, -0.15) is 0 Å². The summed E-state index contributed by atoms with van der Waals surface area (Å²) in [4.78, 5) is 13.3. The van der Waals surface area contributed by atoms with Crippen LogP contribution in [0.4, 0.5) is 5.82 Å². The van der Waals surface area contributed by atoms with Gasteiger partial charge in [0.15, 0.2) is 5.82 Å². The summed E-state index contributed by atoms with van der Waals surface area (Å²) in [6.45, 7) is 2.33. The van der Waals surface area contributed by atoms with E-state index in [0.29, 0.717) is 34.5 Å². The minimum atomic E-state index is -0.730. The molecule has 0 saturated heterocycles. The van der Waals surface area contributed by atoms with Gasteiger partial charge < -0.3 is 10.4 Å². The van der Waals surface area contributed by atoms with Crippen molar-refractivity contribution in [2.75, 3.05) is 11.9 Å². The van der Waals surface area contributed by atoms with Crippen LogP contribution in [0.3, 0.4) is 0 Å². The first-order valence-electron chi connectivity index (χ1n) is 8.13. The molecule has 2 heterocycles. The van der Waals surface area contributed by atoms with Crippen LogP contribution in [-0.4, -0.2) is 26.6 Å². The van der Waals surface area contributed by atoms with Gasteiger partial charge >= 0.3 is 0 Å². The molecule has 2 N–H and O–H groups in total. The molecule has 1 aromatic carbocycles. The molecule has 1 unspecified atom stereocenters. The van der Waals surface area contributed by atoms with E-state index in [1.165, 1.54) is 0 Å². The number of aliphatic hydroxyl groups excluding tert-OH is 1. The summed E-state index contributed by atoms with van der Waals surface area (Å²) < 4.78 is 0. The third-order valence-corrected chi connectivity index (χ3v) is 4.12. The number of nitrogens with zero attached hydrogens (tertiary/aromatic N) is 3. The van der Waals surface area contributed by atoms with Crippen LogP contribution in [0.1, 0.15) is 24.3 Å². The van der Waals surface area contributed by atoms with Gasteiger partial charge in [0.1, 0.15) is 11.5 Å². The van der Waals surface area contributed by atoms with Crippen LogP contribution in [0.2, 0.25) is 5.02 Å². The first-order chi connectivity index (χ1) is 12.2. The fraction of sp³-hybridized carbons (Fsp3) is 0.211. The Bertz CT molecular complexity index is 842. The Morgan fingerprint density at radius 1 is 1.12 bits per heavy atom. The number of hydrogen-bond acceptors (Lipinski definition) is 5. The lowest BCUT2D eigenvalue weighted by Crippen LogP contribution is -2.14. The highest BCUT2D eigenvalue weighted by atomic mass is 35.5. The number of nitrogens with one attached hydrogen (secondary N) is 1. The predicted octanol–water partition coefficient (Wildman–Crippen LogP) is 3.90. The maximum Gasteiger partial charge on any atom is 0.180 e. The number of aromatic nitrogens is 3. The van der Waals surface area contributed by atoms with E-state index in [-0.39, 0.29) is 0 Å². The van der Waals surface area contributed by atoms with Crippen molar-refractivity contribution in [3.8, 4) is 11.5 Å². The minimum absolute atomic E-state index is 0.297. The average Bonchev–Trinajstić information content (AvgIpc) is 2.67. The number of halogens is 1. The maximum absolute atomic E-state index is 10.4. The number of anilines is 1. The Balaban J connectivity index is 1.79. The lowest BCUT2D eigenvalue weighted by molar-refractivity contribution is 0.191. The second-order valence-corrected chi connectivity index (χ2v) is 5.96. The molecule has 6 heteroatoms. The largest absolute Gasteiger partial charge is 0.387 e. The number of aliphatic hydroxyl groups is 1. The quantitative estimate of drug-likeness (QED) is 0.702. The highest BCUT2D eigenvalue weighted by Gasteiger charge is 2.12. The molecule has 0 saturated carbocycles. The summed E-state index contributed by atoms with van der Waals surface area (Å²) in [5.41, 5.74) is 2.31. The van der Waals surface area contributed by atoms with Crippen molar-refractivity contribution in [2.45, 2.75) is 19.4 Å². The van der Waals surface area contributed by atoms with Crippen LogP contribution < -0.4 is 5.32 Å². The third-order valence-electron chi connectivity index (χ3n) is 3.78. The molecule has 128 valence electrons. The molecule has 3 aromatic rings. The molecule has 0 spiro atoms. The number of pyridine rings is 1. The van der Waals surface area contributed by atoms with Crippen molar-refractivity contribution in [1.29, 1.82) is 0 Å². The van der Waals surface area contributed by atoms with Crippen LogP contribution in [0.5, 0.6) is 0 Å². The Morgan fingerprint density at radius 2 is 1.92 bits per heavy atom. The van der Waals surface area contributed by atoms with Gasteiger partial charge in [-0.3, -0.25) is 4.98 Å². The number of rotatable bonds is 6. The molecule has 0 aliphatic heterocycles. The molecule has 25 heavy (non-hydrogen) atoms. The van der Waals surface area contributed by atoms with Gasteiger partial charge in [-0.05, 0) is 24.6 Å². The lowest BCUT2D eigenvalue weighted by Gasteiger charge is -2.15. The van der Waals surface area contributed by atoms with Crippen molar-refractivity contribution < 1.29 is 5.11 Å². The normalized spacial score (nSPS) is 12.0. The first-order valence-corrected chi connectivity index (χ1v) is 8.51. The Hall–Kier alpha value is -2.50. The molecule has 0 fully saturated rings. The Labute approximate surface area is 151 Å². The smallest absolute Gasteiger partial charge is 0.180 e. The van der Waals surface area contributed by atoms with Crippen LogP contribution in [0, 0.1) is 0 Å². The molecular weight excluding hydrogens is 336 g/mol.